The van der Waals surface area contributed by atoms with Crippen molar-refractivity contribution in [3.05, 3.63) is 29.3 Å². The smallest absolute Gasteiger partial charge is 0.125 e. The van der Waals surface area contributed by atoms with E-state index in [9.17, 15) is 5.11 Å². The Labute approximate surface area is 109 Å². The monoisotopic (exact) mass is 246 g/mol. The molecule has 1 aliphatic heterocycles. The lowest BCUT2D eigenvalue weighted by atomic mass is 9.75. The van der Waals surface area contributed by atoms with Crippen molar-refractivity contribution in [2.45, 2.75) is 57.7 Å². The van der Waals surface area contributed by atoms with Crippen LogP contribution in [-0.4, -0.2) is 10.7 Å². The highest BCUT2D eigenvalue weighted by molar-refractivity contribution is 5.40. The summed E-state index contributed by atoms with van der Waals surface area (Å²) in [5.41, 5.74) is 1.95. The summed E-state index contributed by atoms with van der Waals surface area (Å²) in [6, 6.07) is 6.11. The van der Waals surface area contributed by atoms with Gasteiger partial charge < -0.3 is 9.84 Å². The van der Waals surface area contributed by atoms with Gasteiger partial charge in [0.25, 0.3) is 0 Å². The number of aliphatic hydroxyl groups is 1. The molecule has 3 rings (SSSR count). The van der Waals surface area contributed by atoms with Crippen molar-refractivity contribution in [3.63, 3.8) is 0 Å². The Morgan fingerprint density at radius 1 is 1.39 bits per heavy atom. The maximum absolute atomic E-state index is 10.3. The lowest BCUT2D eigenvalue weighted by molar-refractivity contribution is -0.0248. The molecule has 2 aliphatic rings. The molecule has 1 aromatic carbocycles. The molecule has 1 aliphatic carbocycles. The zero-order valence-electron chi connectivity index (χ0n) is 11.3. The van der Waals surface area contributed by atoms with Crippen molar-refractivity contribution in [1.82, 2.24) is 0 Å². The number of hydrogen-bond acceptors (Lipinski definition) is 2. The van der Waals surface area contributed by atoms with Crippen molar-refractivity contribution in [3.8, 4) is 5.75 Å². The second kappa shape index (κ2) is 4.27. The van der Waals surface area contributed by atoms with E-state index in [2.05, 4.69) is 19.9 Å². The van der Waals surface area contributed by atoms with Gasteiger partial charge in [0, 0.05) is 12.0 Å². The Balaban J connectivity index is 1.83. The fourth-order valence-corrected chi connectivity index (χ4v) is 3.28. The van der Waals surface area contributed by atoms with Crippen LogP contribution in [0.4, 0.5) is 0 Å². The fraction of sp³-hybridized carbons (Fsp3) is 0.625. The Bertz CT molecular complexity index is 450. The maximum Gasteiger partial charge on any atom is 0.125 e. The zero-order chi connectivity index (χ0) is 12.8. The van der Waals surface area contributed by atoms with Gasteiger partial charge in [-0.3, -0.25) is 0 Å². The molecule has 0 spiro atoms. The van der Waals surface area contributed by atoms with Crippen LogP contribution in [0.25, 0.3) is 0 Å². The molecule has 1 N–H and O–H groups in total. The normalized spacial score (nSPS) is 31.4. The van der Waals surface area contributed by atoms with Crippen molar-refractivity contribution in [2.24, 2.45) is 5.92 Å². The first-order valence-electron chi connectivity index (χ1n) is 7.03. The summed E-state index contributed by atoms with van der Waals surface area (Å²) in [5, 5.41) is 10.3. The number of benzene rings is 1. The molecule has 1 saturated carbocycles. The number of hydrogen-bond donors (Lipinski definition) is 1. The van der Waals surface area contributed by atoms with E-state index < -0.39 is 0 Å². The first-order valence-corrected chi connectivity index (χ1v) is 7.03. The summed E-state index contributed by atoms with van der Waals surface area (Å²) in [5.74, 6) is 1.68. The number of aryl methyl sites for hydroxylation is 1. The lowest BCUT2D eigenvalue weighted by Gasteiger charge is -2.42. The van der Waals surface area contributed by atoms with E-state index in [0.29, 0.717) is 0 Å². The van der Waals surface area contributed by atoms with E-state index in [-0.39, 0.29) is 11.7 Å². The molecule has 2 atom stereocenters. The molecule has 0 radical (unpaired) electrons. The first kappa shape index (κ1) is 12.0. The molecule has 0 aromatic heterocycles. The van der Waals surface area contributed by atoms with Gasteiger partial charge >= 0.3 is 0 Å². The Morgan fingerprint density at radius 3 is 2.83 bits per heavy atom. The number of aliphatic hydroxyl groups excluding tert-OH is 1. The molecule has 18 heavy (non-hydrogen) atoms. The molecule has 1 unspecified atom stereocenters. The number of fused-ring (bicyclic) bond motifs is 1. The molecule has 0 saturated heterocycles. The number of ether oxygens (including phenoxy) is 1. The molecular weight excluding hydrogens is 224 g/mol. The standard InChI is InChI=1S/C16H22O2/c1-11-6-7-15-13(8-11)14(17)10-16(2,18-15)9-12-4-3-5-12/h6-8,12,14,17H,3-5,9-10H2,1-2H3/t14-,16?/m0/s1. The Morgan fingerprint density at radius 2 is 2.17 bits per heavy atom. The fourth-order valence-electron chi connectivity index (χ4n) is 3.28. The van der Waals surface area contributed by atoms with Gasteiger partial charge in [0.1, 0.15) is 11.4 Å². The van der Waals surface area contributed by atoms with E-state index in [0.717, 1.165) is 30.1 Å². The summed E-state index contributed by atoms with van der Waals surface area (Å²) in [6.07, 6.45) is 5.45. The van der Waals surface area contributed by atoms with Crippen LogP contribution >= 0.6 is 0 Å². The molecule has 1 aromatic rings. The van der Waals surface area contributed by atoms with Gasteiger partial charge in [0.05, 0.1) is 6.10 Å². The topological polar surface area (TPSA) is 29.5 Å². The van der Waals surface area contributed by atoms with Gasteiger partial charge in [-0.05, 0) is 38.3 Å². The largest absolute Gasteiger partial charge is 0.487 e. The second-order valence-electron chi connectivity index (χ2n) is 6.31. The predicted molar refractivity (Wildman–Crippen MR) is 71.7 cm³/mol. The zero-order valence-corrected chi connectivity index (χ0v) is 11.3. The third-order valence-electron chi connectivity index (χ3n) is 4.45. The summed E-state index contributed by atoms with van der Waals surface area (Å²) in [6.45, 7) is 4.20. The molecule has 1 fully saturated rings. The van der Waals surface area contributed by atoms with E-state index in [1.54, 1.807) is 0 Å². The van der Waals surface area contributed by atoms with Crippen LogP contribution in [0.5, 0.6) is 5.75 Å². The molecule has 2 nitrogen and oxygen atoms in total. The highest BCUT2D eigenvalue weighted by Gasteiger charge is 2.39. The van der Waals surface area contributed by atoms with Gasteiger partial charge in [-0.2, -0.15) is 0 Å². The quantitative estimate of drug-likeness (QED) is 0.861. The summed E-state index contributed by atoms with van der Waals surface area (Å²) in [4.78, 5) is 0. The molecule has 0 amide bonds. The van der Waals surface area contributed by atoms with E-state index in [1.807, 2.05) is 12.1 Å². The highest BCUT2D eigenvalue weighted by atomic mass is 16.5. The van der Waals surface area contributed by atoms with E-state index in [1.165, 1.54) is 24.8 Å². The van der Waals surface area contributed by atoms with E-state index >= 15 is 0 Å². The predicted octanol–water partition coefficient (Wildman–Crippen LogP) is 3.76. The van der Waals surface area contributed by atoms with Gasteiger partial charge in [-0.25, -0.2) is 0 Å². The average molecular weight is 246 g/mol. The van der Waals surface area contributed by atoms with Crippen molar-refractivity contribution < 1.29 is 9.84 Å². The average Bonchev–Trinajstić information content (AvgIpc) is 2.25. The lowest BCUT2D eigenvalue weighted by Crippen LogP contribution is -2.41. The summed E-state index contributed by atoms with van der Waals surface area (Å²) < 4.78 is 6.19. The van der Waals surface area contributed by atoms with Gasteiger partial charge in [0.15, 0.2) is 0 Å². The number of rotatable bonds is 2. The molecular formula is C16H22O2. The first-order chi connectivity index (χ1) is 8.56. The van der Waals surface area contributed by atoms with Crippen LogP contribution in [0, 0.1) is 12.8 Å². The maximum atomic E-state index is 10.3. The van der Waals surface area contributed by atoms with Crippen LogP contribution in [-0.2, 0) is 0 Å². The van der Waals surface area contributed by atoms with Crippen molar-refractivity contribution in [2.75, 3.05) is 0 Å². The van der Waals surface area contributed by atoms with Crippen LogP contribution in [0.3, 0.4) is 0 Å². The van der Waals surface area contributed by atoms with Gasteiger partial charge in [-0.15, -0.1) is 0 Å². The highest BCUT2D eigenvalue weighted by Crippen LogP contribution is 2.45. The molecule has 98 valence electrons. The third kappa shape index (κ3) is 2.14. The SMILES string of the molecule is Cc1ccc2c(c1)[C@@H](O)CC(C)(CC1CCC1)O2. The minimum Gasteiger partial charge on any atom is -0.487 e. The van der Waals surface area contributed by atoms with Crippen molar-refractivity contribution in [1.29, 1.82) is 0 Å². The van der Waals surface area contributed by atoms with Gasteiger partial charge in [0.2, 0.25) is 0 Å². The Hall–Kier alpha value is -1.02. The van der Waals surface area contributed by atoms with Crippen LogP contribution < -0.4 is 4.74 Å². The Kier molecular flexibility index (Phi) is 2.86. The minimum atomic E-state index is -0.376. The van der Waals surface area contributed by atoms with E-state index in [4.69, 9.17) is 4.74 Å². The molecule has 2 heteroatoms. The molecule has 1 heterocycles. The second-order valence-corrected chi connectivity index (χ2v) is 6.31. The van der Waals surface area contributed by atoms with Crippen LogP contribution in [0.2, 0.25) is 0 Å². The summed E-state index contributed by atoms with van der Waals surface area (Å²) >= 11 is 0. The van der Waals surface area contributed by atoms with Crippen LogP contribution in [0.15, 0.2) is 18.2 Å². The molecule has 0 bridgehead atoms. The third-order valence-corrected chi connectivity index (χ3v) is 4.45. The summed E-state index contributed by atoms with van der Waals surface area (Å²) in [7, 11) is 0. The van der Waals surface area contributed by atoms with Crippen molar-refractivity contribution >= 4 is 0 Å². The van der Waals surface area contributed by atoms with Gasteiger partial charge in [-0.1, -0.05) is 30.9 Å². The van der Waals surface area contributed by atoms with Crippen LogP contribution in [0.1, 0.15) is 56.3 Å². The minimum absolute atomic E-state index is 0.188.